The zero-order valence-electron chi connectivity index (χ0n) is 35.9. The van der Waals surface area contributed by atoms with Gasteiger partial charge in [0, 0.05) is 19.3 Å². The lowest BCUT2D eigenvalue weighted by atomic mass is 10.0. The smallest absolute Gasteiger partial charge is 0.306 e. The minimum Gasteiger partial charge on any atom is -0.462 e. The van der Waals surface area contributed by atoms with Crippen LogP contribution in [0.3, 0.4) is 0 Å². The van der Waals surface area contributed by atoms with Crippen molar-refractivity contribution in [3.05, 3.63) is 60.8 Å². The summed E-state index contributed by atoms with van der Waals surface area (Å²) in [5.41, 5.74) is 0. The van der Waals surface area contributed by atoms with Crippen molar-refractivity contribution in [3.63, 3.8) is 0 Å². The first-order valence-electron chi connectivity index (χ1n) is 22.8. The monoisotopic (exact) mass is 769 g/mol. The third-order valence-corrected chi connectivity index (χ3v) is 9.60. The molecule has 1 atom stereocenters. The summed E-state index contributed by atoms with van der Waals surface area (Å²) in [4.78, 5) is 37.7. The number of hydrogen-bond donors (Lipinski definition) is 0. The number of carbonyl (C=O) groups is 3. The Morgan fingerprint density at radius 3 is 1.25 bits per heavy atom. The van der Waals surface area contributed by atoms with Gasteiger partial charge in [-0.3, -0.25) is 14.4 Å². The highest BCUT2D eigenvalue weighted by Gasteiger charge is 2.19. The summed E-state index contributed by atoms with van der Waals surface area (Å²) in [5, 5.41) is 0. The molecule has 0 bridgehead atoms. The second-order valence-corrected chi connectivity index (χ2v) is 15.0. The highest BCUT2D eigenvalue weighted by Crippen LogP contribution is 2.14. The predicted molar refractivity (Wildman–Crippen MR) is 233 cm³/mol. The van der Waals surface area contributed by atoms with E-state index in [0.29, 0.717) is 25.7 Å². The van der Waals surface area contributed by atoms with E-state index in [2.05, 4.69) is 63.3 Å². The molecule has 0 radical (unpaired) electrons. The number of hydrogen-bond acceptors (Lipinski definition) is 6. The van der Waals surface area contributed by atoms with Gasteiger partial charge in [0.15, 0.2) is 6.10 Å². The Morgan fingerprint density at radius 1 is 0.382 bits per heavy atom. The lowest BCUT2D eigenvalue weighted by Gasteiger charge is -2.18. The summed E-state index contributed by atoms with van der Waals surface area (Å²) in [6, 6.07) is 0. The summed E-state index contributed by atoms with van der Waals surface area (Å²) >= 11 is 0. The van der Waals surface area contributed by atoms with Gasteiger partial charge in [0.2, 0.25) is 0 Å². The van der Waals surface area contributed by atoms with E-state index in [0.717, 1.165) is 77.0 Å². The van der Waals surface area contributed by atoms with E-state index in [1.807, 2.05) is 18.2 Å². The summed E-state index contributed by atoms with van der Waals surface area (Å²) in [6.07, 6.45) is 52.1. The summed E-state index contributed by atoms with van der Waals surface area (Å²) < 4.78 is 16.6. The highest BCUT2D eigenvalue weighted by atomic mass is 16.6. The van der Waals surface area contributed by atoms with Crippen LogP contribution in [0.4, 0.5) is 0 Å². The van der Waals surface area contributed by atoms with E-state index in [-0.39, 0.29) is 31.1 Å². The van der Waals surface area contributed by atoms with Crippen LogP contribution < -0.4 is 0 Å². The van der Waals surface area contributed by atoms with E-state index >= 15 is 0 Å². The molecule has 0 aromatic carbocycles. The van der Waals surface area contributed by atoms with Crippen LogP contribution in [0.1, 0.15) is 213 Å². The van der Waals surface area contributed by atoms with Crippen molar-refractivity contribution in [2.45, 2.75) is 219 Å². The molecule has 6 heteroatoms. The Labute approximate surface area is 339 Å². The van der Waals surface area contributed by atoms with Gasteiger partial charge in [-0.1, -0.05) is 197 Å². The fourth-order valence-corrected chi connectivity index (χ4v) is 6.16. The Morgan fingerprint density at radius 2 is 0.745 bits per heavy atom. The van der Waals surface area contributed by atoms with Crippen LogP contribution in [0.25, 0.3) is 0 Å². The van der Waals surface area contributed by atoms with Gasteiger partial charge in [-0.25, -0.2) is 0 Å². The van der Waals surface area contributed by atoms with Crippen LogP contribution in [0.5, 0.6) is 0 Å². The molecule has 316 valence electrons. The van der Waals surface area contributed by atoms with Crippen molar-refractivity contribution in [2.75, 3.05) is 13.2 Å². The first kappa shape index (κ1) is 52.1. The fourth-order valence-electron chi connectivity index (χ4n) is 6.16. The molecule has 0 N–H and O–H groups in total. The maximum absolute atomic E-state index is 12.7. The molecule has 0 amide bonds. The number of rotatable bonds is 40. The summed E-state index contributed by atoms with van der Waals surface area (Å²) in [5.74, 6) is -0.953. The van der Waals surface area contributed by atoms with Gasteiger partial charge < -0.3 is 14.2 Å². The molecule has 0 saturated heterocycles. The van der Waals surface area contributed by atoms with Gasteiger partial charge in [-0.15, -0.1) is 0 Å². The van der Waals surface area contributed by atoms with Gasteiger partial charge in [0.25, 0.3) is 0 Å². The van der Waals surface area contributed by atoms with Crippen molar-refractivity contribution in [2.24, 2.45) is 0 Å². The quantitative estimate of drug-likeness (QED) is 0.0203. The maximum atomic E-state index is 12.7. The number of unbranched alkanes of at least 4 members (excludes halogenated alkanes) is 22. The van der Waals surface area contributed by atoms with Crippen LogP contribution >= 0.6 is 0 Å². The van der Waals surface area contributed by atoms with Crippen LogP contribution in [0, 0.1) is 0 Å². The van der Waals surface area contributed by atoms with Crippen molar-refractivity contribution in [1.29, 1.82) is 0 Å². The van der Waals surface area contributed by atoms with Crippen LogP contribution in [0.15, 0.2) is 60.8 Å². The second kappa shape index (κ2) is 43.8. The minimum atomic E-state index is -0.790. The molecule has 6 nitrogen and oxygen atoms in total. The summed E-state index contributed by atoms with van der Waals surface area (Å²) in [6.45, 7) is 6.41. The minimum absolute atomic E-state index is 0.0940. The van der Waals surface area contributed by atoms with E-state index in [1.165, 1.54) is 89.9 Å². The maximum Gasteiger partial charge on any atom is 0.306 e. The third-order valence-electron chi connectivity index (χ3n) is 9.60. The Kier molecular flexibility index (Phi) is 41.5. The number of ether oxygens (including phenoxy) is 3. The van der Waals surface area contributed by atoms with E-state index in [4.69, 9.17) is 14.2 Å². The van der Waals surface area contributed by atoms with Crippen molar-refractivity contribution in [1.82, 2.24) is 0 Å². The average molecular weight is 769 g/mol. The molecular weight excluding hydrogens is 685 g/mol. The molecule has 1 unspecified atom stereocenters. The Bertz CT molecular complexity index is 1020. The van der Waals surface area contributed by atoms with Gasteiger partial charge in [-0.05, 0) is 57.8 Å². The highest BCUT2D eigenvalue weighted by molar-refractivity contribution is 5.71. The SMILES string of the molecule is CC\C=C/C=C\C=C/C=C\CCCCCCCC(=O)OCC(COC(=O)CCC/C=C\CCCCCC)OC(=O)CCCCCCCCCCCCCCC. The van der Waals surface area contributed by atoms with E-state index < -0.39 is 6.10 Å². The third kappa shape index (κ3) is 42.1. The van der Waals surface area contributed by atoms with Gasteiger partial charge in [-0.2, -0.15) is 0 Å². The molecule has 0 aromatic rings. The molecule has 55 heavy (non-hydrogen) atoms. The lowest BCUT2D eigenvalue weighted by molar-refractivity contribution is -0.167. The number of esters is 3. The topological polar surface area (TPSA) is 78.9 Å². The molecule has 0 spiro atoms. The van der Waals surface area contributed by atoms with E-state index in [9.17, 15) is 14.4 Å². The average Bonchev–Trinajstić information content (AvgIpc) is 3.18. The zero-order chi connectivity index (χ0) is 40.1. The normalized spacial score (nSPS) is 12.6. The molecule has 0 saturated carbocycles. The second-order valence-electron chi connectivity index (χ2n) is 15.0. The van der Waals surface area contributed by atoms with Gasteiger partial charge >= 0.3 is 17.9 Å². The van der Waals surface area contributed by atoms with Gasteiger partial charge in [0.05, 0.1) is 0 Å². The first-order valence-corrected chi connectivity index (χ1v) is 22.8. The van der Waals surface area contributed by atoms with Crippen molar-refractivity contribution >= 4 is 17.9 Å². The van der Waals surface area contributed by atoms with Crippen LogP contribution in [-0.4, -0.2) is 37.2 Å². The zero-order valence-corrected chi connectivity index (χ0v) is 35.9. The van der Waals surface area contributed by atoms with Crippen LogP contribution in [-0.2, 0) is 28.6 Å². The summed E-state index contributed by atoms with van der Waals surface area (Å²) in [7, 11) is 0. The largest absolute Gasteiger partial charge is 0.462 e. The Hall–Kier alpha value is -2.89. The molecule has 0 aliphatic carbocycles. The standard InChI is InChI=1S/C49H84O6/c1-4-7-10-13-16-19-21-23-24-26-27-30-33-36-39-42-48(51)54-45-46(44-53-47(50)41-38-35-32-29-18-15-12-9-6-3)55-49(52)43-40-37-34-31-28-25-22-20-17-14-11-8-5-2/h7,10,13,16,19,21,23-24,29,32,46H,4-6,8-9,11-12,14-15,17-18,20,22,25-28,30-31,33-45H2,1-3H3/b10-7-,16-13-,21-19-,24-23-,32-29-. The van der Waals surface area contributed by atoms with Gasteiger partial charge in [0.1, 0.15) is 13.2 Å². The van der Waals surface area contributed by atoms with E-state index in [1.54, 1.807) is 0 Å². The first-order chi connectivity index (χ1) is 27.0. The molecule has 0 fully saturated rings. The van der Waals surface area contributed by atoms with Crippen LogP contribution in [0.2, 0.25) is 0 Å². The van der Waals surface area contributed by atoms with Crippen molar-refractivity contribution in [3.8, 4) is 0 Å². The molecule has 0 rings (SSSR count). The molecule has 0 aromatic heterocycles. The molecular formula is C49H84O6. The molecule has 0 aliphatic rings. The fraction of sp³-hybridized carbons (Fsp3) is 0.735. The number of allylic oxidation sites excluding steroid dienone is 10. The number of carbonyl (C=O) groups excluding carboxylic acids is 3. The van der Waals surface area contributed by atoms with Crippen molar-refractivity contribution < 1.29 is 28.6 Å². The molecule has 0 heterocycles. The lowest BCUT2D eigenvalue weighted by Crippen LogP contribution is -2.30. The molecule has 0 aliphatic heterocycles. The predicted octanol–water partition coefficient (Wildman–Crippen LogP) is 14.5. The Balaban J connectivity index is 4.42.